The van der Waals surface area contributed by atoms with Crippen LogP contribution in [0.3, 0.4) is 0 Å². The minimum absolute atomic E-state index is 0.0451. The van der Waals surface area contributed by atoms with Crippen LogP contribution in [0, 0.1) is 13.8 Å². The fourth-order valence-corrected chi connectivity index (χ4v) is 2.94. The Labute approximate surface area is 164 Å². The van der Waals surface area contributed by atoms with Crippen molar-refractivity contribution in [2.45, 2.75) is 27.3 Å². The maximum atomic E-state index is 12.2. The fourth-order valence-electron chi connectivity index (χ4n) is 2.94. The highest BCUT2D eigenvalue weighted by Crippen LogP contribution is 2.18. The number of rotatable bonds is 7. The summed E-state index contributed by atoms with van der Waals surface area (Å²) in [5.41, 5.74) is 4.37. The van der Waals surface area contributed by atoms with Gasteiger partial charge in [0.2, 0.25) is 0 Å². The van der Waals surface area contributed by atoms with E-state index in [4.69, 9.17) is 4.74 Å². The van der Waals surface area contributed by atoms with Gasteiger partial charge in [-0.1, -0.05) is 30.3 Å². The zero-order valence-corrected chi connectivity index (χ0v) is 16.2. The Bertz CT molecular complexity index is 994. The molecule has 1 heterocycles. The average molecular weight is 377 g/mol. The van der Waals surface area contributed by atoms with Gasteiger partial charge in [0, 0.05) is 23.4 Å². The Morgan fingerprint density at radius 2 is 1.82 bits per heavy atom. The first-order chi connectivity index (χ1) is 13.5. The molecule has 0 aliphatic heterocycles. The van der Waals surface area contributed by atoms with Crippen molar-refractivity contribution in [2.75, 3.05) is 6.61 Å². The lowest BCUT2D eigenvalue weighted by Crippen LogP contribution is -2.28. The molecule has 3 rings (SSSR count). The second kappa shape index (κ2) is 8.52. The summed E-state index contributed by atoms with van der Waals surface area (Å²) in [4.78, 5) is 23.6. The zero-order valence-electron chi connectivity index (χ0n) is 16.2. The van der Waals surface area contributed by atoms with Crippen molar-refractivity contribution in [3.63, 3.8) is 0 Å². The molecule has 28 heavy (non-hydrogen) atoms. The van der Waals surface area contributed by atoms with E-state index in [0.717, 1.165) is 22.6 Å². The van der Waals surface area contributed by atoms with Crippen molar-refractivity contribution in [1.82, 2.24) is 15.1 Å². The van der Waals surface area contributed by atoms with Crippen LogP contribution < -0.4 is 10.1 Å². The Morgan fingerprint density at radius 3 is 2.54 bits per heavy atom. The average Bonchev–Trinajstić information content (AvgIpc) is 2.99. The van der Waals surface area contributed by atoms with Crippen molar-refractivity contribution in [3.8, 4) is 11.4 Å². The SMILES string of the molecule is CC(=O)c1cccc(OCC(=O)NCc2c(C)nn(-c3ccccc3)c2C)c1. The summed E-state index contributed by atoms with van der Waals surface area (Å²) >= 11 is 0. The molecule has 1 amide bonds. The maximum Gasteiger partial charge on any atom is 0.258 e. The highest BCUT2D eigenvalue weighted by Gasteiger charge is 2.14. The van der Waals surface area contributed by atoms with E-state index in [-0.39, 0.29) is 18.3 Å². The summed E-state index contributed by atoms with van der Waals surface area (Å²) in [6.07, 6.45) is 0. The van der Waals surface area contributed by atoms with Crippen LogP contribution in [-0.2, 0) is 11.3 Å². The first-order valence-corrected chi connectivity index (χ1v) is 9.06. The van der Waals surface area contributed by atoms with E-state index in [1.54, 1.807) is 24.3 Å². The summed E-state index contributed by atoms with van der Waals surface area (Å²) in [5.74, 6) is 0.211. The van der Waals surface area contributed by atoms with Crippen LogP contribution in [0.2, 0.25) is 0 Å². The van der Waals surface area contributed by atoms with Crippen LogP contribution in [0.1, 0.15) is 34.2 Å². The predicted octanol–water partition coefficient (Wildman–Crippen LogP) is 3.39. The number of amides is 1. The third kappa shape index (κ3) is 4.46. The molecule has 0 aliphatic rings. The van der Waals surface area contributed by atoms with Crippen LogP contribution in [0.25, 0.3) is 5.69 Å². The number of ether oxygens (including phenoxy) is 1. The topological polar surface area (TPSA) is 73.2 Å². The monoisotopic (exact) mass is 377 g/mol. The molecule has 144 valence electrons. The fraction of sp³-hybridized carbons (Fsp3) is 0.227. The zero-order chi connectivity index (χ0) is 20.1. The van der Waals surface area contributed by atoms with E-state index >= 15 is 0 Å². The van der Waals surface area contributed by atoms with Crippen molar-refractivity contribution < 1.29 is 14.3 Å². The summed E-state index contributed by atoms with van der Waals surface area (Å²) in [5, 5.41) is 7.45. The number of carbonyl (C=O) groups excluding carboxylic acids is 2. The molecule has 1 aromatic heterocycles. The van der Waals surface area contributed by atoms with E-state index in [2.05, 4.69) is 10.4 Å². The quantitative estimate of drug-likeness (QED) is 0.641. The molecule has 0 saturated heterocycles. The molecule has 0 unspecified atom stereocenters. The van der Waals surface area contributed by atoms with Gasteiger partial charge < -0.3 is 10.1 Å². The lowest BCUT2D eigenvalue weighted by molar-refractivity contribution is -0.123. The van der Waals surface area contributed by atoms with Gasteiger partial charge in [-0.15, -0.1) is 0 Å². The molecule has 6 heteroatoms. The normalized spacial score (nSPS) is 10.5. The molecule has 3 aromatic rings. The number of hydrogen-bond acceptors (Lipinski definition) is 4. The van der Waals surface area contributed by atoms with Gasteiger partial charge in [-0.2, -0.15) is 5.10 Å². The van der Waals surface area contributed by atoms with Gasteiger partial charge >= 0.3 is 0 Å². The van der Waals surface area contributed by atoms with Crippen molar-refractivity contribution in [2.24, 2.45) is 0 Å². The van der Waals surface area contributed by atoms with E-state index in [1.807, 2.05) is 48.9 Å². The van der Waals surface area contributed by atoms with E-state index in [0.29, 0.717) is 17.9 Å². The molecule has 6 nitrogen and oxygen atoms in total. The maximum absolute atomic E-state index is 12.2. The molecule has 2 aromatic carbocycles. The second-order valence-corrected chi connectivity index (χ2v) is 6.55. The van der Waals surface area contributed by atoms with Gasteiger partial charge in [-0.05, 0) is 45.0 Å². The van der Waals surface area contributed by atoms with Gasteiger partial charge in [-0.25, -0.2) is 4.68 Å². The van der Waals surface area contributed by atoms with Crippen LogP contribution in [0.5, 0.6) is 5.75 Å². The number of Topliss-reactive ketones (excluding diaryl/α,β-unsaturated/α-hetero) is 1. The molecular formula is C22H23N3O3. The summed E-state index contributed by atoms with van der Waals surface area (Å²) in [6.45, 7) is 5.66. The predicted molar refractivity (Wildman–Crippen MR) is 107 cm³/mol. The van der Waals surface area contributed by atoms with Gasteiger partial charge in [0.15, 0.2) is 12.4 Å². The second-order valence-electron chi connectivity index (χ2n) is 6.55. The summed E-state index contributed by atoms with van der Waals surface area (Å²) < 4.78 is 7.37. The van der Waals surface area contributed by atoms with Crippen LogP contribution >= 0.6 is 0 Å². The number of ketones is 1. The highest BCUT2D eigenvalue weighted by molar-refractivity contribution is 5.94. The Balaban J connectivity index is 1.60. The molecule has 0 bridgehead atoms. The van der Waals surface area contributed by atoms with Gasteiger partial charge in [0.1, 0.15) is 5.75 Å². The van der Waals surface area contributed by atoms with Crippen molar-refractivity contribution in [1.29, 1.82) is 0 Å². The van der Waals surface area contributed by atoms with Crippen LogP contribution in [-0.4, -0.2) is 28.1 Å². The smallest absolute Gasteiger partial charge is 0.258 e. The van der Waals surface area contributed by atoms with Crippen LogP contribution in [0.15, 0.2) is 54.6 Å². The Hall–Kier alpha value is -3.41. The molecule has 0 atom stereocenters. The molecule has 0 radical (unpaired) electrons. The third-order valence-corrected chi connectivity index (χ3v) is 4.51. The number of nitrogens with one attached hydrogen (secondary N) is 1. The van der Waals surface area contributed by atoms with E-state index in [1.165, 1.54) is 6.92 Å². The van der Waals surface area contributed by atoms with Gasteiger partial charge in [0.25, 0.3) is 5.91 Å². The molecule has 0 spiro atoms. The summed E-state index contributed by atoms with van der Waals surface area (Å²) in [7, 11) is 0. The number of carbonyl (C=O) groups is 2. The van der Waals surface area contributed by atoms with E-state index in [9.17, 15) is 9.59 Å². The number of para-hydroxylation sites is 1. The minimum atomic E-state index is -0.237. The van der Waals surface area contributed by atoms with E-state index < -0.39 is 0 Å². The lowest BCUT2D eigenvalue weighted by Gasteiger charge is -2.09. The van der Waals surface area contributed by atoms with Crippen molar-refractivity contribution >= 4 is 11.7 Å². The summed E-state index contributed by atoms with van der Waals surface area (Å²) in [6, 6.07) is 16.7. The van der Waals surface area contributed by atoms with Crippen molar-refractivity contribution in [3.05, 3.63) is 77.1 Å². The number of aryl methyl sites for hydroxylation is 1. The number of hydrogen-bond donors (Lipinski definition) is 1. The first kappa shape index (κ1) is 19.4. The number of benzene rings is 2. The first-order valence-electron chi connectivity index (χ1n) is 9.06. The lowest BCUT2D eigenvalue weighted by atomic mass is 10.1. The Kier molecular flexibility index (Phi) is 5.89. The standard InChI is InChI=1S/C22H23N3O3/c1-15-21(16(2)25(24-15)19-9-5-4-6-10-19)13-23-22(27)14-28-20-11-7-8-18(12-20)17(3)26/h4-12H,13-14H2,1-3H3,(H,23,27). The minimum Gasteiger partial charge on any atom is -0.484 e. The molecule has 0 saturated carbocycles. The highest BCUT2D eigenvalue weighted by atomic mass is 16.5. The van der Waals surface area contributed by atoms with Gasteiger partial charge in [0.05, 0.1) is 11.4 Å². The number of nitrogens with zero attached hydrogens (tertiary/aromatic N) is 2. The largest absolute Gasteiger partial charge is 0.484 e. The molecule has 0 aliphatic carbocycles. The third-order valence-electron chi connectivity index (χ3n) is 4.51. The van der Waals surface area contributed by atoms with Gasteiger partial charge in [-0.3, -0.25) is 9.59 Å². The molecular weight excluding hydrogens is 354 g/mol. The Morgan fingerprint density at radius 1 is 1.07 bits per heavy atom. The molecule has 1 N–H and O–H groups in total. The molecule has 0 fully saturated rings. The van der Waals surface area contributed by atoms with Crippen LogP contribution in [0.4, 0.5) is 0 Å². The number of aromatic nitrogens is 2.